The van der Waals surface area contributed by atoms with Crippen molar-refractivity contribution in [1.82, 2.24) is 0 Å². The lowest BCUT2D eigenvalue weighted by Crippen LogP contribution is -2.14. The summed E-state index contributed by atoms with van der Waals surface area (Å²) in [5, 5.41) is 0.484. The predicted molar refractivity (Wildman–Crippen MR) is 63.2 cm³/mol. The molecule has 0 atom stereocenters. The van der Waals surface area contributed by atoms with Crippen molar-refractivity contribution in [3.8, 4) is 0 Å². The van der Waals surface area contributed by atoms with Crippen LogP contribution < -0.4 is 0 Å². The van der Waals surface area contributed by atoms with Crippen LogP contribution in [0.25, 0.3) is 0 Å². The average molecular weight is 312 g/mol. The number of hydrogen-bond donors (Lipinski definition) is 0. The van der Waals surface area contributed by atoms with Crippen molar-refractivity contribution in [2.24, 2.45) is 0 Å². The fourth-order valence-corrected chi connectivity index (χ4v) is 2.57. The van der Waals surface area contributed by atoms with E-state index in [9.17, 15) is 13.2 Å². The third-order valence-corrected chi connectivity index (χ3v) is 3.30. The lowest BCUT2D eigenvalue weighted by atomic mass is 10.1. The first-order chi connectivity index (χ1) is 6.79. The quantitative estimate of drug-likeness (QED) is 0.805. The number of Topliss-reactive ketones (excluding diaryl/α,β-unsaturated/α-hetero) is 1. The summed E-state index contributed by atoms with van der Waals surface area (Å²) in [6.45, 7) is 0. The van der Waals surface area contributed by atoms with Crippen LogP contribution >= 0.6 is 27.5 Å². The normalized spacial score (nSPS) is 11.4. The lowest BCUT2D eigenvalue weighted by Gasteiger charge is -2.02. The van der Waals surface area contributed by atoms with Crippen molar-refractivity contribution in [2.75, 3.05) is 12.0 Å². The molecule has 0 saturated heterocycles. The minimum Gasteiger partial charge on any atom is -0.293 e. The molecule has 0 saturated carbocycles. The number of carbonyl (C=O) groups excluding carboxylic acids is 1. The number of halogens is 2. The Kier molecular flexibility index (Phi) is 3.92. The van der Waals surface area contributed by atoms with Crippen molar-refractivity contribution >= 4 is 43.2 Å². The molecule has 0 heterocycles. The molecule has 1 rings (SSSR count). The summed E-state index contributed by atoms with van der Waals surface area (Å²) < 4.78 is 22.4. The summed E-state index contributed by atoms with van der Waals surface area (Å²) in [5.74, 6) is -0.936. The van der Waals surface area contributed by atoms with Gasteiger partial charge in [-0.05, 0) is 34.1 Å². The van der Waals surface area contributed by atoms with Gasteiger partial charge in [0, 0.05) is 21.3 Å². The van der Waals surface area contributed by atoms with E-state index < -0.39 is 21.4 Å². The first-order valence-corrected chi connectivity index (χ1v) is 7.19. The maximum absolute atomic E-state index is 11.5. The summed E-state index contributed by atoms with van der Waals surface area (Å²) in [5.41, 5.74) is 0.324. The van der Waals surface area contributed by atoms with Crippen LogP contribution in [-0.4, -0.2) is 26.2 Å². The van der Waals surface area contributed by atoms with Crippen molar-refractivity contribution in [1.29, 1.82) is 0 Å². The highest BCUT2D eigenvalue weighted by atomic mass is 79.9. The molecule has 0 aliphatic heterocycles. The lowest BCUT2D eigenvalue weighted by molar-refractivity contribution is 0.102. The van der Waals surface area contributed by atoms with Gasteiger partial charge < -0.3 is 0 Å². The topological polar surface area (TPSA) is 51.2 Å². The van der Waals surface area contributed by atoms with Crippen LogP contribution in [0.3, 0.4) is 0 Å². The molecule has 1 aromatic rings. The Morgan fingerprint density at radius 2 is 2.07 bits per heavy atom. The first kappa shape index (κ1) is 12.7. The summed E-state index contributed by atoms with van der Waals surface area (Å²) in [4.78, 5) is 11.5. The third kappa shape index (κ3) is 3.93. The van der Waals surface area contributed by atoms with Crippen LogP contribution in [0.15, 0.2) is 22.7 Å². The molecular formula is C9H8BrClO3S. The van der Waals surface area contributed by atoms with Gasteiger partial charge in [0.05, 0.1) is 0 Å². The molecule has 0 aliphatic carbocycles. The second-order valence-electron chi connectivity index (χ2n) is 3.12. The Morgan fingerprint density at radius 3 is 2.53 bits per heavy atom. The van der Waals surface area contributed by atoms with Crippen molar-refractivity contribution in [2.45, 2.75) is 0 Å². The second kappa shape index (κ2) is 4.63. The summed E-state index contributed by atoms with van der Waals surface area (Å²) in [6.07, 6.45) is 1.02. The van der Waals surface area contributed by atoms with Crippen molar-refractivity contribution < 1.29 is 13.2 Å². The highest BCUT2D eigenvalue weighted by Gasteiger charge is 2.15. The van der Waals surface area contributed by atoms with Gasteiger partial charge in [-0.25, -0.2) is 8.42 Å². The Bertz CT molecular complexity index is 496. The van der Waals surface area contributed by atoms with Crippen LogP contribution in [0.4, 0.5) is 0 Å². The zero-order chi connectivity index (χ0) is 11.6. The zero-order valence-corrected chi connectivity index (χ0v) is 11.0. The molecule has 0 aliphatic rings. The van der Waals surface area contributed by atoms with Gasteiger partial charge >= 0.3 is 0 Å². The minimum atomic E-state index is -3.30. The zero-order valence-electron chi connectivity index (χ0n) is 7.83. The SMILES string of the molecule is CS(=O)(=O)CC(=O)c1ccc(Cl)cc1Br. The first-order valence-electron chi connectivity index (χ1n) is 3.95. The van der Waals surface area contributed by atoms with E-state index in [1.54, 1.807) is 12.1 Å². The highest BCUT2D eigenvalue weighted by molar-refractivity contribution is 9.10. The Morgan fingerprint density at radius 1 is 1.47 bits per heavy atom. The molecule has 0 amide bonds. The molecule has 0 aromatic heterocycles. The van der Waals surface area contributed by atoms with Crippen LogP contribution in [0.2, 0.25) is 5.02 Å². The van der Waals surface area contributed by atoms with Gasteiger partial charge in [0.15, 0.2) is 15.6 Å². The summed E-state index contributed by atoms with van der Waals surface area (Å²) >= 11 is 8.85. The Labute approximate surface area is 101 Å². The number of hydrogen-bond acceptors (Lipinski definition) is 3. The molecule has 15 heavy (non-hydrogen) atoms. The fourth-order valence-electron chi connectivity index (χ4n) is 1.03. The van der Waals surface area contributed by atoms with Gasteiger partial charge in [0.2, 0.25) is 0 Å². The van der Waals surface area contributed by atoms with Crippen LogP contribution in [0.5, 0.6) is 0 Å². The second-order valence-corrected chi connectivity index (χ2v) is 6.55. The fraction of sp³-hybridized carbons (Fsp3) is 0.222. The molecule has 0 unspecified atom stereocenters. The molecule has 6 heteroatoms. The summed E-state index contributed by atoms with van der Waals surface area (Å²) in [7, 11) is -3.30. The van der Waals surface area contributed by atoms with Gasteiger partial charge in [-0.3, -0.25) is 4.79 Å². The van der Waals surface area contributed by atoms with E-state index >= 15 is 0 Å². The largest absolute Gasteiger partial charge is 0.293 e. The van der Waals surface area contributed by atoms with Gasteiger partial charge in [-0.2, -0.15) is 0 Å². The van der Waals surface area contributed by atoms with Crippen LogP contribution in [0, 0.1) is 0 Å². The van der Waals surface area contributed by atoms with Crippen LogP contribution in [-0.2, 0) is 9.84 Å². The minimum absolute atomic E-state index is 0.324. The van der Waals surface area contributed by atoms with Gasteiger partial charge in [-0.1, -0.05) is 11.6 Å². The molecule has 82 valence electrons. The van der Waals surface area contributed by atoms with E-state index in [1.807, 2.05) is 0 Å². The molecule has 3 nitrogen and oxygen atoms in total. The Hall–Kier alpha value is -0.390. The maximum Gasteiger partial charge on any atom is 0.178 e. The van der Waals surface area contributed by atoms with Gasteiger partial charge in [0.25, 0.3) is 0 Å². The number of carbonyl (C=O) groups is 1. The molecule has 0 spiro atoms. The van der Waals surface area contributed by atoms with Gasteiger partial charge in [-0.15, -0.1) is 0 Å². The van der Waals surface area contributed by atoms with Crippen LogP contribution in [0.1, 0.15) is 10.4 Å². The van der Waals surface area contributed by atoms with Crippen molar-refractivity contribution in [3.05, 3.63) is 33.3 Å². The Balaban J connectivity index is 3.02. The van der Waals surface area contributed by atoms with E-state index in [0.717, 1.165) is 6.26 Å². The molecule has 1 aromatic carbocycles. The van der Waals surface area contributed by atoms with E-state index in [4.69, 9.17) is 11.6 Å². The van der Waals surface area contributed by atoms with E-state index in [0.29, 0.717) is 15.1 Å². The van der Waals surface area contributed by atoms with Crippen molar-refractivity contribution in [3.63, 3.8) is 0 Å². The molecule has 0 bridgehead atoms. The number of ketones is 1. The molecule has 0 radical (unpaired) electrons. The summed E-state index contributed by atoms with van der Waals surface area (Å²) in [6, 6.07) is 4.60. The number of benzene rings is 1. The van der Waals surface area contributed by atoms with E-state index in [-0.39, 0.29) is 0 Å². The molecule has 0 fully saturated rings. The average Bonchev–Trinajstić information content (AvgIpc) is 1.99. The number of rotatable bonds is 3. The van der Waals surface area contributed by atoms with E-state index in [2.05, 4.69) is 15.9 Å². The van der Waals surface area contributed by atoms with Gasteiger partial charge in [0.1, 0.15) is 5.75 Å². The molecular weight excluding hydrogens is 304 g/mol. The monoisotopic (exact) mass is 310 g/mol. The third-order valence-electron chi connectivity index (χ3n) is 1.62. The standard InChI is InChI=1S/C9H8BrClO3S/c1-15(13,14)5-9(12)7-3-2-6(11)4-8(7)10/h2-4H,5H2,1H3. The maximum atomic E-state index is 11.5. The number of sulfone groups is 1. The highest BCUT2D eigenvalue weighted by Crippen LogP contribution is 2.22. The van der Waals surface area contributed by atoms with E-state index in [1.165, 1.54) is 6.07 Å². The smallest absolute Gasteiger partial charge is 0.178 e. The predicted octanol–water partition coefficient (Wildman–Crippen LogP) is 2.33. The molecule has 0 N–H and O–H groups in total.